The van der Waals surface area contributed by atoms with Gasteiger partial charge in [-0.1, -0.05) is 6.92 Å². The summed E-state index contributed by atoms with van der Waals surface area (Å²) in [5, 5.41) is 8.73. The first-order valence-electron chi connectivity index (χ1n) is 6.29. The number of alkyl halides is 3. The Kier molecular flexibility index (Phi) is 5.44. The minimum Gasteiger partial charge on any atom is -0.481 e. The third-order valence-corrected chi connectivity index (χ3v) is 3.55. The van der Waals surface area contributed by atoms with Gasteiger partial charge in [0.15, 0.2) is 0 Å². The van der Waals surface area contributed by atoms with Crippen molar-refractivity contribution in [3.05, 3.63) is 0 Å². The van der Waals surface area contributed by atoms with Gasteiger partial charge in [-0.05, 0) is 31.2 Å². The molecule has 106 valence electrons. The molecule has 0 radical (unpaired) electrons. The number of aliphatic carboxylic acids is 1. The van der Waals surface area contributed by atoms with E-state index in [0.717, 1.165) is 12.8 Å². The summed E-state index contributed by atoms with van der Waals surface area (Å²) in [6.07, 6.45) is -3.03. The van der Waals surface area contributed by atoms with Crippen LogP contribution in [-0.4, -0.2) is 41.8 Å². The average Bonchev–Trinajstić information content (AvgIpc) is 2.25. The first-order chi connectivity index (χ1) is 8.28. The number of nitrogens with zero attached hydrogens (tertiary/aromatic N) is 1. The van der Waals surface area contributed by atoms with Crippen LogP contribution in [0.25, 0.3) is 0 Å². The Balaban J connectivity index is 2.38. The molecule has 0 spiro atoms. The molecule has 18 heavy (non-hydrogen) atoms. The zero-order valence-electron chi connectivity index (χ0n) is 10.5. The van der Waals surface area contributed by atoms with Crippen molar-refractivity contribution in [3.63, 3.8) is 0 Å². The van der Waals surface area contributed by atoms with Gasteiger partial charge in [0.2, 0.25) is 0 Å². The van der Waals surface area contributed by atoms with E-state index in [1.54, 1.807) is 4.90 Å². The van der Waals surface area contributed by atoms with Gasteiger partial charge in [-0.3, -0.25) is 4.79 Å². The predicted octanol–water partition coefficient (Wildman–Crippen LogP) is 2.76. The molecule has 6 heteroatoms. The third kappa shape index (κ3) is 5.71. The van der Waals surface area contributed by atoms with E-state index in [-0.39, 0.29) is 24.8 Å². The number of hydrogen-bond donors (Lipinski definition) is 1. The van der Waals surface area contributed by atoms with Gasteiger partial charge in [0, 0.05) is 19.5 Å². The summed E-state index contributed by atoms with van der Waals surface area (Å²) in [5.74, 6) is -0.616. The van der Waals surface area contributed by atoms with E-state index in [1.165, 1.54) is 0 Å². The molecule has 1 saturated heterocycles. The lowest BCUT2D eigenvalue weighted by molar-refractivity contribution is -0.139. The molecule has 0 aromatic carbocycles. The number of carboxylic acid groups (broad SMARTS) is 1. The second-order valence-corrected chi connectivity index (χ2v) is 5.14. The monoisotopic (exact) mass is 267 g/mol. The van der Waals surface area contributed by atoms with Crippen LogP contribution in [0.3, 0.4) is 0 Å². The lowest BCUT2D eigenvalue weighted by Crippen LogP contribution is -2.39. The average molecular weight is 267 g/mol. The van der Waals surface area contributed by atoms with Crippen LogP contribution in [0.15, 0.2) is 0 Å². The number of halogens is 3. The van der Waals surface area contributed by atoms with Crippen LogP contribution in [0.5, 0.6) is 0 Å². The molecule has 0 aromatic heterocycles. The SMILES string of the molecule is CC(CC(=O)O)C1CCCN(CCC(F)(F)F)C1. The summed E-state index contributed by atoms with van der Waals surface area (Å²) in [7, 11) is 0. The number of piperidine rings is 1. The Hall–Kier alpha value is -0.780. The number of rotatable bonds is 5. The van der Waals surface area contributed by atoms with Crippen LogP contribution in [0, 0.1) is 11.8 Å². The zero-order chi connectivity index (χ0) is 13.8. The molecule has 0 aromatic rings. The summed E-state index contributed by atoms with van der Waals surface area (Å²) in [6, 6.07) is 0. The molecule has 0 amide bonds. The molecule has 2 unspecified atom stereocenters. The Bertz CT molecular complexity index is 281. The van der Waals surface area contributed by atoms with Crippen molar-refractivity contribution in [3.8, 4) is 0 Å². The molecule has 1 aliphatic rings. The van der Waals surface area contributed by atoms with Crippen molar-refractivity contribution in [2.24, 2.45) is 11.8 Å². The maximum absolute atomic E-state index is 12.1. The molecule has 3 nitrogen and oxygen atoms in total. The molecule has 2 atom stereocenters. The van der Waals surface area contributed by atoms with Crippen molar-refractivity contribution in [2.45, 2.75) is 38.8 Å². The minimum absolute atomic E-state index is 0.0242. The van der Waals surface area contributed by atoms with Crippen molar-refractivity contribution < 1.29 is 23.1 Å². The standard InChI is InChI=1S/C12H20F3NO2/c1-9(7-11(17)18)10-3-2-5-16(8-10)6-4-12(13,14)15/h9-10H,2-8H2,1H3,(H,17,18). The fraction of sp³-hybridized carbons (Fsp3) is 0.917. The van der Waals surface area contributed by atoms with Crippen LogP contribution in [-0.2, 0) is 4.79 Å². The molecular weight excluding hydrogens is 247 g/mol. The van der Waals surface area contributed by atoms with Gasteiger partial charge in [-0.2, -0.15) is 13.2 Å². The van der Waals surface area contributed by atoms with E-state index >= 15 is 0 Å². The largest absolute Gasteiger partial charge is 0.481 e. The Labute approximate surface area is 105 Å². The van der Waals surface area contributed by atoms with Gasteiger partial charge >= 0.3 is 12.1 Å². The maximum atomic E-state index is 12.1. The predicted molar refractivity (Wildman–Crippen MR) is 61.3 cm³/mol. The van der Waals surface area contributed by atoms with Gasteiger partial charge in [-0.25, -0.2) is 0 Å². The van der Waals surface area contributed by atoms with Gasteiger partial charge in [0.1, 0.15) is 0 Å². The highest BCUT2D eigenvalue weighted by molar-refractivity contribution is 5.66. The van der Waals surface area contributed by atoms with E-state index in [0.29, 0.717) is 13.1 Å². The molecule has 1 aliphatic heterocycles. The third-order valence-electron chi connectivity index (χ3n) is 3.55. The molecule has 1 rings (SSSR count). The molecule has 0 saturated carbocycles. The van der Waals surface area contributed by atoms with Gasteiger partial charge < -0.3 is 10.0 Å². The van der Waals surface area contributed by atoms with Gasteiger partial charge in [0.25, 0.3) is 0 Å². The summed E-state index contributed by atoms with van der Waals surface area (Å²) < 4.78 is 36.4. The van der Waals surface area contributed by atoms with Crippen molar-refractivity contribution in [2.75, 3.05) is 19.6 Å². The van der Waals surface area contributed by atoms with Crippen molar-refractivity contribution in [1.29, 1.82) is 0 Å². The lowest BCUT2D eigenvalue weighted by atomic mass is 9.84. The van der Waals surface area contributed by atoms with Crippen molar-refractivity contribution in [1.82, 2.24) is 4.90 Å². The van der Waals surface area contributed by atoms with E-state index < -0.39 is 18.6 Å². The topological polar surface area (TPSA) is 40.5 Å². The summed E-state index contributed by atoms with van der Waals surface area (Å²) in [4.78, 5) is 12.4. The van der Waals surface area contributed by atoms with E-state index in [1.807, 2.05) is 6.92 Å². The Morgan fingerprint density at radius 2 is 2.17 bits per heavy atom. The summed E-state index contributed by atoms with van der Waals surface area (Å²) in [5.41, 5.74) is 0. The van der Waals surface area contributed by atoms with E-state index in [9.17, 15) is 18.0 Å². The zero-order valence-corrected chi connectivity index (χ0v) is 10.5. The van der Waals surface area contributed by atoms with Crippen LogP contribution in [0.4, 0.5) is 13.2 Å². The lowest BCUT2D eigenvalue weighted by Gasteiger charge is -2.35. The second-order valence-electron chi connectivity index (χ2n) is 5.14. The van der Waals surface area contributed by atoms with E-state index in [4.69, 9.17) is 5.11 Å². The van der Waals surface area contributed by atoms with Crippen LogP contribution >= 0.6 is 0 Å². The van der Waals surface area contributed by atoms with Gasteiger partial charge in [-0.15, -0.1) is 0 Å². The number of carboxylic acids is 1. The highest BCUT2D eigenvalue weighted by Crippen LogP contribution is 2.27. The normalized spacial score (nSPS) is 23.9. The Morgan fingerprint density at radius 1 is 1.50 bits per heavy atom. The highest BCUT2D eigenvalue weighted by atomic mass is 19.4. The molecule has 0 aliphatic carbocycles. The minimum atomic E-state index is -4.11. The summed E-state index contributed by atoms with van der Waals surface area (Å²) in [6.45, 7) is 3.17. The number of hydrogen-bond acceptors (Lipinski definition) is 2. The molecule has 1 N–H and O–H groups in total. The Morgan fingerprint density at radius 3 is 2.72 bits per heavy atom. The maximum Gasteiger partial charge on any atom is 0.390 e. The van der Waals surface area contributed by atoms with Crippen molar-refractivity contribution >= 4 is 5.97 Å². The first kappa shape index (κ1) is 15.3. The fourth-order valence-electron chi connectivity index (χ4n) is 2.49. The second kappa shape index (κ2) is 6.41. The van der Waals surface area contributed by atoms with Crippen LogP contribution in [0.1, 0.15) is 32.6 Å². The van der Waals surface area contributed by atoms with Crippen LogP contribution in [0.2, 0.25) is 0 Å². The number of carbonyl (C=O) groups is 1. The number of likely N-dealkylation sites (tertiary alicyclic amines) is 1. The smallest absolute Gasteiger partial charge is 0.390 e. The van der Waals surface area contributed by atoms with Gasteiger partial charge in [0.05, 0.1) is 6.42 Å². The quantitative estimate of drug-likeness (QED) is 0.832. The molecule has 1 fully saturated rings. The molecular formula is C12H20F3NO2. The fourth-order valence-corrected chi connectivity index (χ4v) is 2.49. The van der Waals surface area contributed by atoms with Crippen LogP contribution < -0.4 is 0 Å². The summed E-state index contributed by atoms with van der Waals surface area (Å²) >= 11 is 0. The first-order valence-corrected chi connectivity index (χ1v) is 6.29. The molecule has 1 heterocycles. The highest BCUT2D eigenvalue weighted by Gasteiger charge is 2.30. The van der Waals surface area contributed by atoms with E-state index in [2.05, 4.69) is 0 Å². The molecule has 0 bridgehead atoms.